The van der Waals surface area contributed by atoms with Crippen molar-refractivity contribution in [1.29, 1.82) is 0 Å². The average Bonchev–Trinajstić information content (AvgIpc) is 3.38. The molecule has 2 N–H and O–H groups in total. The van der Waals surface area contributed by atoms with E-state index in [1.54, 1.807) is 16.2 Å². The minimum absolute atomic E-state index is 0.0506. The van der Waals surface area contributed by atoms with Crippen LogP contribution in [0.1, 0.15) is 11.3 Å². The van der Waals surface area contributed by atoms with Gasteiger partial charge in [-0.15, -0.1) is 11.3 Å². The number of hydrogen-bond donors (Lipinski definition) is 2. The normalized spacial score (nSPS) is 18.2. The molecule has 26 heavy (non-hydrogen) atoms. The van der Waals surface area contributed by atoms with Crippen LogP contribution in [0, 0.1) is 5.92 Å². The first-order valence-electron chi connectivity index (χ1n) is 8.43. The van der Waals surface area contributed by atoms with Crippen molar-refractivity contribution in [2.24, 2.45) is 5.92 Å². The van der Waals surface area contributed by atoms with Crippen molar-refractivity contribution in [1.82, 2.24) is 10.6 Å². The predicted octanol–water partition coefficient (Wildman–Crippen LogP) is 2.33. The highest BCUT2D eigenvalue weighted by Gasteiger charge is 2.31. The van der Waals surface area contributed by atoms with Crippen molar-refractivity contribution in [3.8, 4) is 11.5 Å². The maximum absolute atomic E-state index is 12.3. The molecule has 2 aliphatic heterocycles. The smallest absolute Gasteiger partial charge is 0.315 e. The maximum Gasteiger partial charge on any atom is 0.315 e. The van der Waals surface area contributed by atoms with Gasteiger partial charge in [0.15, 0.2) is 11.5 Å². The number of nitrogens with zero attached hydrogens (tertiary/aromatic N) is 1. The summed E-state index contributed by atoms with van der Waals surface area (Å²) in [5, 5.41) is 7.65. The number of amides is 3. The molecule has 3 amide bonds. The fraction of sp³-hybridized carbons (Fsp3) is 0.333. The van der Waals surface area contributed by atoms with Gasteiger partial charge in [0.2, 0.25) is 12.7 Å². The molecule has 8 heteroatoms. The van der Waals surface area contributed by atoms with Gasteiger partial charge in [-0.05, 0) is 23.6 Å². The molecule has 0 aliphatic carbocycles. The number of anilines is 1. The molecule has 0 spiro atoms. The lowest BCUT2D eigenvalue weighted by molar-refractivity contribution is -0.117. The Balaban J connectivity index is 1.28. The maximum atomic E-state index is 12.3. The fourth-order valence-electron chi connectivity index (χ4n) is 3.10. The monoisotopic (exact) mass is 373 g/mol. The van der Waals surface area contributed by atoms with Gasteiger partial charge >= 0.3 is 6.03 Å². The summed E-state index contributed by atoms with van der Waals surface area (Å²) in [5.74, 6) is 1.49. The Hall–Kier alpha value is -2.74. The minimum Gasteiger partial charge on any atom is -0.454 e. The Morgan fingerprint density at radius 2 is 2.12 bits per heavy atom. The molecule has 136 valence electrons. The molecule has 2 aliphatic rings. The lowest BCUT2D eigenvalue weighted by atomic mass is 10.1. The average molecular weight is 373 g/mol. The van der Waals surface area contributed by atoms with E-state index >= 15 is 0 Å². The first kappa shape index (κ1) is 16.7. The van der Waals surface area contributed by atoms with E-state index in [-0.39, 0.29) is 24.6 Å². The van der Waals surface area contributed by atoms with Crippen molar-refractivity contribution >= 4 is 29.0 Å². The zero-order chi connectivity index (χ0) is 17.9. The number of thiophene rings is 1. The minimum atomic E-state index is -0.215. The summed E-state index contributed by atoms with van der Waals surface area (Å²) in [7, 11) is 0. The van der Waals surface area contributed by atoms with Crippen LogP contribution < -0.4 is 25.0 Å². The molecule has 7 nitrogen and oxygen atoms in total. The van der Waals surface area contributed by atoms with Gasteiger partial charge in [0.05, 0.1) is 6.54 Å². The third kappa shape index (κ3) is 3.60. The summed E-state index contributed by atoms with van der Waals surface area (Å²) >= 11 is 1.60. The van der Waals surface area contributed by atoms with Gasteiger partial charge in [-0.2, -0.15) is 0 Å². The van der Waals surface area contributed by atoms with Gasteiger partial charge in [-0.25, -0.2) is 4.79 Å². The molecule has 1 aromatic heterocycles. The Bertz CT molecular complexity index is 809. The molecule has 3 heterocycles. The van der Waals surface area contributed by atoms with Gasteiger partial charge in [0, 0.05) is 42.1 Å². The SMILES string of the molecule is O=C(NCc1cccs1)NC[C@@H]1CC(=O)N(c2ccc3c(c2)OCO3)C1. The van der Waals surface area contributed by atoms with Crippen LogP contribution in [0.25, 0.3) is 0 Å². The Labute approximate surface area is 154 Å². The number of ether oxygens (including phenoxy) is 2. The van der Waals surface area contributed by atoms with E-state index < -0.39 is 0 Å². The van der Waals surface area contributed by atoms with Crippen LogP contribution >= 0.6 is 11.3 Å². The van der Waals surface area contributed by atoms with E-state index in [0.29, 0.717) is 37.6 Å². The number of nitrogens with one attached hydrogen (secondary N) is 2. The highest BCUT2D eigenvalue weighted by Crippen LogP contribution is 2.37. The molecule has 1 saturated heterocycles. The second-order valence-electron chi connectivity index (χ2n) is 6.25. The van der Waals surface area contributed by atoms with Gasteiger partial charge < -0.3 is 25.0 Å². The Morgan fingerprint density at radius 1 is 1.23 bits per heavy atom. The van der Waals surface area contributed by atoms with Crippen LogP contribution in [-0.2, 0) is 11.3 Å². The number of carbonyl (C=O) groups excluding carboxylic acids is 2. The van der Waals surface area contributed by atoms with Crippen LogP contribution in [0.15, 0.2) is 35.7 Å². The fourth-order valence-corrected chi connectivity index (χ4v) is 3.75. The number of hydrogen-bond acceptors (Lipinski definition) is 5. The van der Waals surface area contributed by atoms with E-state index in [9.17, 15) is 9.59 Å². The summed E-state index contributed by atoms with van der Waals surface area (Å²) < 4.78 is 10.7. The molecule has 0 radical (unpaired) electrons. The zero-order valence-corrected chi connectivity index (χ0v) is 14.9. The van der Waals surface area contributed by atoms with Crippen LogP contribution in [-0.4, -0.2) is 31.8 Å². The first-order chi connectivity index (χ1) is 12.7. The van der Waals surface area contributed by atoms with Crippen molar-refractivity contribution in [2.45, 2.75) is 13.0 Å². The molecule has 1 atom stereocenters. The van der Waals surface area contributed by atoms with E-state index in [0.717, 1.165) is 10.6 Å². The number of benzene rings is 1. The van der Waals surface area contributed by atoms with Gasteiger partial charge in [0.25, 0.3) is 0 Å². The molecule has 0 unspecified atom stereocenters. The predicted molar refractivity (Wildman–Crippen MR) is 97.6 cm³/mol. The van der Waals surface area contributed by atoms with Crippen LogP contribution in [0.5, 0.6) is 11.5 Å². The van der Waals surface area contributed by atoms with Crippen molar-refractivity contribution in [2.75, 3.05) is 24.8 Å². The standard InChI is InChI=1S/C18H19N3O4S/c22-17-6-12(8-19-18(23)20-9-14-2-1-5-26-14)10-21(17)13-3-4-15-16(7-13)25-11-24-15/h1-5,7,12H,6,8-11H2,(H2,19,20,23)/t12-/m0/s1. The van der Waals surface area contributed by atoms with E-state index in [1.165, 1.54) is 0 Å². The van der Waals surface area contributed by atoms with Crippen LogP contribution in [0.2, 0.25) is 0 Å². The lowest BCUT2D eigenvalue weighted by Crippen LogP contribution is -2.38. The summed E-state index contributed by atoms with van der Waals surface area (Å²) in [5.41, 5.74) is 0.795. The van der Waals surface area contributed by atoms with Crippen LogP contribution in [0.4, 0.5) is 10.5 Å². The number of urea groups is 1. The highest BCUT2D eigenvalue weighted by molar-refractivity contribution is 7.09. The summed E-state index contributed by atoms with van der Waals surface area (Å²) in [6, 6.07) is 9.21. The second kappa shape index (κ2) is 7.25. The van der Waals surface area contributed by atoms with E-state index in [4.69, 9.17) is 9.47 Å². The highest BCUT2D eigenvalue weighted by atomic mass is 32.1. The van der Waals surface area contributed by atoms with Gasteiger partial charge in [-0.1, -0.05) is 6.07 Å². The van der Waals surface area contributed by atoms with Crippen molar-refractivity contribution in [3.63, 3.8) is 0 Å². The van der Waals surface area contributed by atoms with Crippen LogP contribution in [0.3, 0.4) is 0 Å². The van der Waals surface area contributed by atoms with Crippen molar-refractivity contribution < 1.29 is 19.1 Å². The molecular formula is C18H19N3O4S. The Morgan fingerprint density at radius 3 is 2.96 bits per heavy atom. The van der Waals surface area contributed by atoms with Gasteiger partial charge in [0.1, 0.15) is 0 Å². The largest absolute Gasteiger partial charge is 0.454 e. The molecule has 0 bridgehead atoms. The van der Waals surface area contributed by atoms with E-state index in [2.05, 4.69) is 10.6 Å². The third-order valence-corrected chi connectivity index (χ3v) is 5.30. The molecule has 2 aromatic rings. The van der Waals surface area contributed by atoms with Gasteiger partial charge in [-0.3, -0.25) is 4.79 Å². The summed E-state index contributed by atoms with van der Waals surface area (Å²) in [6.45, 7) is 1.75. The molecule has 0 saturated carbocycles. The summed E-state index contributed by atoms with van der Waals surface area (Å²) in [4.78, 5) is 27.1. The Kier molecular flexibility index (Phi) is 4.66. The number of carbonyl (C=O) groups is 2. The number of fused-ring (bicyclic) bond motifs is 1. The first-order valence-corrected chi connectivity index (χ1v) is 9.31. The topological polar surface area (TPSA) is 79.9 Å². The zero-order valence-electron chi connectivity index (χ0n) is 14.1. The number of rotatable bonds is 5. The van der Waals surface area contributed by atoms with Crippen molar-refractivity contribution in [3.05, 3.63) is 40.6 Å². The third-order valence-electron chi connectivity index (χ3n) is 4.43. The molecular weight excluding hydrogens is 354 g/mol. The molecule has 1 aromatic carbocycles. The van der Waals surface area contributed by atoms with E-state index in [1.807, 2.05) is 35.7 Å². The molecule has 4 rings (SSSR count). The lowest BCUT2D eigenvalue weighted by Gasteiger charge is -2.17. The second-order valence-corrected chi connectivity index (χ2v) is 7.29. The molecule has 1 fully saturated rings. The summed E-state index contributed by atoms with van der Waals surface area (Å²) in [6.07, 6.45) is 0.416. The quantitative estimate of drug-likeness (QED) is 0.843.